The van der Waals surface area contributed by atoms with Crippen LogP contribution < -0.4 is 5.73 Å². The van der Waals surface area contributed by atoms with Crippen molar-refractivity contribution in [2.24, 2.45) is 11.7 Å². The first-order chi connectivity index (χ1) is 6.78. The second kappa shape index (κ2) is 6.09. The molecule has 15 heavy (non-hydrogen) atoms. The molecule has 3 nitrogen and oxygen atoms in total. The fraction of sp³-hybridized carbons (Fsp3) is 0.917. The van der Waals surface area contributed by atoms with Gasteiger partial charge in [0.25, 0.3) is 0 Å². The Bertz CT molecular complexity index is 215. The fourth-order valence-corrected chi connectivity index (χ4v) is 1.50. The van der Waals surface area contributed by atoms with Crippen LogP contribution in [0.25, 0.3) is 0 Å². The maximum absolute atomic E-state index is 8.85. The number of hydrogen-bond acceptors (Lipinski definition) is 3. The molecule has 2 unspecified atom stereocenters. The Morgan fingerprint density at radius 1 is 1.40 bits per heavy atom. The standard InChI is InChI=1S/C12H25N3/c1-10(2)6-7-15(5)11(3)8-12(4,14)9-13/h10-11H,6-8,14H2,1-5H3. The summed E-state index contributed by atoms with van der Waals surface area (Å²) >= 11 is 0. The summed E-state index contributed by atoms with van der Waals surface area (Å²) in [5.74, 6) is 0.722. The van der Waals surface area contributed by atoms with Crippen LogP contribution in [0.4, 0.5) is 0 Å². The smallest absolute Gasteiger partial charge is 0.102 e. The highest BCUT2D eigenvalue weighted by Crippen LogP contribution is 2.13. The first-order valence-corrected chi connectivity index (χ1v) is 5.69. The van der Waals surface area contributed by atoms with Gasteiger partial charge in [0.1, 0.15) is 5.54 Å². The Kier molecular flexibility index (Phi) is 5.85. The lowest BCUT2D eigenvalue weighted by atomic mass is 9.96. The van der Waals surface area contributed by atoms with Gasteiger partial charge in [0, 0.05) is 6.04 Å². The number of rotatable bonds is 6. The van der Waals surface area contributed by atoms with Gasteiger partial charge in [-0.3, -0.25) is 0 Å². The third-order valence-electron chi connectivity index (χ3n) is 2.79. The summed E-state index contributed by atoms with van der Waals surface area (Å²) in [6.45, 7) is 9.44. The summed E-state index contributed by atoms with van der Waals surface area (Å²) in [6.07, 6.45) is 1.91. The van der Waals surface area contributed by atoms with E-state index in [1.54, 1.807) is 6.92 Å². The van der Waals surface area contributed by atoms with E-state index in [1.165, 1.54) is 6.42 Å². The monoisotopic (exact) mass is 211 g/mol. The molecule has 0 rings (SSSR count). The molecule has 0 amide bonds. The molecule has 0 radical (unpaired) electrons. The molecule has 0 aromatic carbocycles. The van der Waals surface area contributed by atoms with Gasteiger partial charge < -0.3 is 10.6 Å². The average Bonchev–Trinajstić information content (AvgIpc) is 2.13. The molecule has 2 N–H and O–H groups in total. The zero-order chi connectivity index (χ0) is 12.1. The van der Waals surface area contributed by atoms with Gasteiger partial charge in [0.15, 0.2) is 0 Å². The lowest BCUT2D eigenvalue weighted by Gasteiger charge is -2.29. The minimum Gasteiger partial charge on any atom is -0.314 e. The highest BCUT2D eigenvalue weighted by atomic mass is 15.1. The molecule has 0 fully saturated rings. The SMILES string of the molecule is CC(C)CCN(C)C(C)CC(C)(N)C#N. The lowest BCUT2D eigenvalue weighted by molar-refractivity contribution is 0.215. The normalized spacial score (nSPS) is 17.5. The second-order valence-corrected chi connectivity index (χ2v) is 5.25. The van der Waals surface area contributed by atoms with Gasteiger partial charge in [-0.15, -0.1) is 0 Å². The molecule has 0 aliphatic heterocycles. The van der Waals surface area contributed by atoms with Crippen molar-refractivity contribution >= 4 is 0 Å². The van der Waals surface area contributed by atoms with E-state index < -0.39 is 5.54 Å². The van der Waals surface area contributed by atoms with E-state index in [9.17, 15) is 0 Å². The van der Waals surface area contributed by atoms with Crippen LogP contribution in [-0.4, -0.2) is 30.1 Å². The summed E-state index contributed by atoms with van der Waals surface area (Å²) in [4.78, 5) is 2.28. The third-order valence-corrected chi connectivity index (χ3v) is 2.79. The predicted octanol–water partition coefficient (Wildman–Crippen LogP) is 1.98. The molecule has 0 aromatic heterocycles. The van der Waals surface area contributed by atoms with E-state index in [4.69, 9.17) is 11.0 Å². The predicted molar refractivity (Wildman–Crippen MR) is 64.4 cm³/mol. The second-order valence-electron chi connectivity index (χ2n) is 5.25. The molecule has 0 aromatic rings. The Morgan fingerprint density at radius 2 is 1.93 bits per heavy atom. The van der Waals surface area contributed by atoms with E-state index in [0.29, 0.717) is 6.04 Å². The Balaban J connectivity index is 4.00. The van der Waals surface area contributed by atoms with Gasteiger partial charge >= 0.3 is 0 Å². The van der Waals surface area contributed by atoms with Crippen molar-refractivity contribution in [3.05, 3.63) is 0 Å². The van der Waals surface area contributed by atoms with Gasteiger partial charge in [-0.05, 0) is 46.2 Å². The maximum atomic E-state index is 8.85. The molecule has 3 heteroatoms. The van der Waals surface area contributed by atoms with Crippen LogP contribution in [0.15, 0.2) is 0 Å². The van der Waals surface area contributed by atoms with Crippen LogP contribution in [0, 0.1) is 17.2 Å². The minimum atomic E-state index is -0.703. The Labute approximate surface area is 94.2 Å². The first kappa shape index (κ1) is 14.4. The number of nitrogens with two attached hydrogens (primary N) is 1. The fourth-order valence-electron chi connectivity index (χ4n) is 1.50. The molecular formula is C12H25N3. The average molecular weight is 211 g/mol. The summed E-state index contributed by atoms with van der Waals surface area (Å²) in [7, 11) is 2.10. The van der Waals surface area contributed by atoms with Crippen molar-refractivity contribution in [2.75, 3.05) is 13.6 Å². The van der Waals surface area contributed by atoms with Crippen molar-refractivity contribution in [3.8, 4) is 6.07 Å². The molecule has 0 aliphatic rings. The lowest BCUT2D eigenvalue weighted by Crippen LogP contribution is -2.42. The molecule has 0 aliphatic carbocycles. The van der Waals surface area contributed by atoms with Crippen LogP contribution >= 0.6 is 0 Å². The number of nitrogens with zero attached hydrogens (tertiary/aromatic N) is 2. The third kappa shape index (κ3) is 6.48. The number of hydrogen-bond donors (Lipinski definition) is 1. The van der Waals surface area contributed by atoms with Crippen molar-refractivity contribution in [3.63, 3.8) is 0 Å². The van der Waals surface area contributed by atoms with Gasteiger partial charge in [-0.25, -0.2) is 0 Å². The maximum Gasteiger partial charge on any atom is 0.102 e. The zero-order valence-corrected chi connectivity index (χ0v) is 10.7. The topological polar surface area (TPSA) is 53.0 Å². The molecule has 0 spiro atoms. The van der Waals surface area contributed by atoms with E-state index in [0.717, 1.165) is 18.9 Å². The van der Waals surface area contributed by atoms with Gasteiger partial charge in [0.2, 0.25) is 0 Å². The van der Waals surface area contributed by atoms with E-state index >= 15 is 0 Å². The van der Waals surface area contributed by atoms with E-state index in [-0.39, 0.29) is 0 Å². The molecule has 0 saturated carbocycles. The minimum absolute atomic E-state index is 0.360. The highest BCUT2D eigenvalue weighted by molar-refractivity contribution is 5.02. The van der Waals surface area contributed by atoms with Crippen molar-refractivity contribution in [1.29, 1.82) is 5.26 Å². The van der Waals surface area contributed by atoms with Crippen LogP contribution in [0.5, 0.6) is 0 Å². The largest absolute Gasteiger partial charge is 0.314 e. The molecule has 0 saturated heterocycles. The molecule has 2 atom stereocenters. The van der Waals surface area contributed by atoms with Crippen molar-refractivity contribution < 1.29 is 0 Å². The molecular weight excluding hydrogens is 186 g/mol. The zero-order valence-electron chi connectivity index (χ0n) is 10.7. The van der Waals surface area contributed by atoms with E-state index in [2.05, 4.69) is 38.8 Å². The van der Waals surface area contributed by atoms with E-state index in [1.807, 2.05) is 0 Å². The quantitative estimate of drug-likeness (QED) is 0.731. The Hall–Kier alpha value is -0.590. The molecule has 0 bridgehead atoms. The summed E-state index contributed by atoms with van der Waals surface area (Å²) < 4.78 is 0. The molecule has 88 valence electrons. The molecule has 0 heterocycles. The first-order valence-electron chi connectivity index (χ1n) is 5.69. The van der Waals surface area contributed by atoms with Gasteiger partial charge in [0.05, 0.1) is 6.07 Å². The summed E-state index contributed by atoms with van der Waals surface area (Å²) in [5, 5.41) is 8.85. The van der Waals surface area contributed by atoms with Crippen molar-refractivity contribution in [2.45, 2.75) is 52.1 Å². The highest BCUT2D eigenvalue weighted by Gasteiger charge is 2.22. The van der Waals surface area contributed by atoms with Crippen LogP contribution in [0.3, 0.4) is 0 Å². The summed E-state index contributed by atoms with van der Waals surface area (Å²) in [5.41, 5.74) is 5.12. The van der Waals surface area contributed by atoms with Gasteiger partial charge in [-0.2, -0.15) is 5.26 Å². The Morgan fingerprint density at radius 3 is 2.33 bits per heavy atom. The van der Waals surface area contributed by atoms with Crippen molar-refractivity contribution in [1.82, 2.24) is 4.90 Å². The summed E-state index contributed by atoms with van der Waals surface area (Å²) in [6, 6.07) is 2.50. The van der Waals surface area contributed by atoms with Crippen LogP contribution in [-0.2, 0) is 0 Å². The van der Waals surface area contributed by atoms with Crippen LogP contribution in [0.2, 0.25) is 0 Å². The van der Waals surface area contributed by atoms with Gasteiger partial charge in [-0.1, -0.05) is 13.8 Å². The number of nitriles is 1. The van der Waals surface area contributed by atoms with Crippen LogP contribution in [0.1, 0.15) is 40.5 Å².